The van der Waals surface area contributed by atoms with Crippen molar-refractivity contribution in [2.24, 2.45) is 0 Å². The molecule has 0 radical (unpaired) electrons. The molecule has 0 aliphatic carbocycles. The van der Waals surface area contributed by atoms with E-state index >= 15 is 0 Å². The zero-order valence-electron chi connectivity index (χ0n) is 10.9. The summed E-state index contributed by atoms with van der Waals surface area (Å²) in [6.45, 7) is 1.52. The van der Waals surface area contributed by atoms with Crippen molar-refractivity contribution in [2.45, 2.75) is 13.0 Å². The van der Waals surface area contributed by atoms with Crippen molar-refractivity contribution < 1.29 is 19.4 Å². The Labute approximate surface area is 116 Å². The van der Waals surface area contributed by atoms with Crippen molar-refractivity contribution in [1.82, 2.24) is 0 Å². The Bertz CT molecular complexity index is 619. The number of hydrogen-bond donors (Lipinski definition) is 1. The minimum Gasteiger partial charge on any atom is -0.508 e. The molecule has 0 saturated carbocycles. The minimum absolute atomic E-state index is 0.0264. The van der Waals surface area contributed by atoms with Gasteiger partial charge >= 0.3 is 5.97 Å². The number of ketones is 1. The van der Waals surface area contributed by atoms with Gasteiger partial charge in [0.15, 0.2) is 6.10 Å². The predicted octanol–water partition coefficient (Wildman–Crippen LogP) is 2.82. The van der Waals surface area contributed by atoms with Crippen LogP contribution in [0.25, 0.3) is 0 Å². The molecular weight excluding hydrogens is 256 g/mol. The second kappa shape index (κ2) is 6.02. The maximum atomic E-state index is 12.1. The monoisotopic (exact) mass is 270 g/mol. The molecule has 1 atom stereocenters. The zero-order chi connectivity index (χ0) is 14.5. The van der Waals surface area contributed by atoms with Gasteiger partial charge in [0, 0.05) is 5.56 Å². The number of hydrogen-bond acceptors (Lipinski definition) is 4. The maximum Gasteiger partial charge on any atom is 0.338 e. The van der Waals surface area contributed by atoms with Crippen LogP contribution in [-0.2, 0) is 4.74 Å². The van der Waals surface area contributed by atoms with E-state index in [9.17, 15) is 14.7 Å². The fraction of sp³-hybridized carbons (Fsp3) is 0.125. The van der Waals surface area contributed by atoms with Crippen LogP contribution >= 0.6 is 0 Å². The van der Waals surface area contributed by atoms with E-state index in [0.29, 0.717) is 5.56 Å². The number of Topliss-reactive ketones (excluding diaryl/α,β-unsaturated/α-hetero) is 1. The summed E-state index contributed by atoms with van der Waals surface area (Å²) in [5, 5.41) is 9.31. The Hall–Kier alpha value is -2.62. The van der Waals surface area contributed by atoms with Crippen molar-refractivity contribution in [3.05, 3.63) is 65.7 Å². The van der Waals surface area contributed by atoms with E-state index in [2.05, 4.69) is 0 Å². The van der Waals surface area contributed by atoms with Crippen LogP contribution in [0.15, 0.2) is 54.6 Å². The molecule has 0 aliphatic rings. The lowest BCUT2D eigenvalue weighted by atomic mass is 10.1. The molecule has 1 unspecified atom stereocenters. The van der Waals surface area contributed by atoms with Gasteiger partial charge in [-0.2, -0.15) is 0 Å². The molecule has 0 amide bonds. The quantitative estimate of drug-likeness (QED) is 0.685. The van der Waals surface area contributed by atoms with Crippen molar-refractivity contribution in [1.29, 1.82) is 0 Å². The van der Waals surface area contributed by atoms with Crippen LogP contribution in [0.5, 0.6) is 5.75 Å². The van der Waals surface area contributed by atoms with Gasteiger partial charge in [-0.05, 0) is 25.1 Å². The van der Waals surface area contributed by atoms with Crippen LogP contribution < -0.4 is 0 Å². The summed E-state index contributed by atoms with van der Waals surface area (Å²) in [6.07, 6.45) is -0.882. The number of rotatable bonds is 4. The first-order valence-electron chi connectivity index (χ1n) is 6.17. The lowest BCUT2D eigenvalue weighted by molar-refractivity contribution is 0.0318. The van der Waals surface area contributed by atoms with E-state index in [4.69, 9.17) is 4.74 Å². The lowest BCUT2D eigenvalue weighted by Gasteiger charge is -2.12. The molecule has 0 aromatic heterocycles. The van der Waals surface area contributed by atoms with Crippen LogP contribution in [0.2, 0.25) is 0 Å². The maximum absolute atomic E-state index is 12.1. The van der Waals surface area contributed by atoms with E-state index in [1.54, 1.807) is 30.3 Å². The summed E-state index contributed by atoms with van der Waals surface area (Å²) in [7, 11) is 0. The smallest absolute Gasteiger partial charge is 0.338 e. The summed E-state index contributed by atoms with van der Waals surface area (Å²) < 4.78 is 5.11. The van der Waals surface area contributed by atoms with Gasteiger partial charge in [0.25, 0.3) is 0 Å². The fourth-order valence-electron chi connectivity index (χ4n) is 1.75. The number of ether oxygens (including phenoxy) is 1. The lowest BCUT2D eigenvalue weighted by Crippen LogP contribution is -2.24. The van der Waals surface area contributed by atoms with Crippen LogP contribution in [0, 0.1) is 0 Å². The highest BCUT2D eigenvalue weighted by atomic mass is 16.5. The third-order valence-electron chi connectivity index (χ3n) is 2.79. The van der Waals surface area contributed by atoms with Crippen molar-refractivity contribution >= 4 is 11.8 Å². The number of phenols is 1. The SMILES string of the molecule is CC(OC(=O)c1cccc(O)c1)C(=O)c1ccccc1. The van der Waals surface area contributed by atoms with Crippen LogP contribution in [0.1, 0.15) is 27.6 Å². The molecular formula is C16H14O4. The molecule has 4 nitrogen and oxygen atoms in total. The second-order valence-electron chi connectivity index (χ2n) is 4.33. The molecule has 0 saturated heterocycles. The highest BCUT2D eigenvalue weighted by Crippen LogP contribution is 2.14. The topological polar surface area (TPSA) is 63.6 Å². The average molecular weight is 270 g/mol. The largest absolute Gasteiger partial charge is 0.508 e. The summed E-state index contributed by atoms with van der Waals surface area (Å²) in [5.41, 5.74) is 0.696. The van der Waals surface area contributed by atoms with Gasteiger partial charge < -0.3 is 9.84 Å². The van der Waals surface area contributed by atoms with E-state index in [-0.39, 0.29) is 17.1 Å². The van der Waals surface area contributed by atoms with Crippen LogP contribution in [-0.4, -0.2) is 23.0 Å². The van der Waals surface area contributed by atoms with Gasteiger partial charge in [-0.1, -0.05) is 36.4 Å². The van der Waals surface area contributed by atoms with Gasteiger partial charge in [0.2, 0.25) is 5.78 Å². The number of aromatic hydroxyl groups is 1. The number of carbonyl (C=O) groups excluding carboxylic acids is 2. The molecule has 0 spiro atoms. The molecule has 20 heavy (non-hydrogen) atoms. The zero-order valence-corrected chi connectivity index (χ0v) is 10.9. The normalized spacial score (nSPS) is 11.7. The molecule has 2 aromatic rings. The van der Waals surface area contributed by atoms with Gasteiger partial charge in [-0.25, -0.2) is 4.79 Å². The molecule has 1 N–H and O–H groups in total. The standard InChI is InChI=1S/C16H14O4/c1-11(15(18)12-6-3-2-4-7-12)20-16(19)13-8-5-9-14(17)10-13/h2-11,17H,1H3. The Morgan fingerprint density at radius 3 is 2.30 bits per heavy atom. The highest BCUT2D eigenvalue weighted by molar-refractivity contribution is 6.01. The van der Waals surface area contributed by atoms with E-state index in [0.717, 1.165) is 0 Å². The second-order valence-corrected chi connectivity index (χ2v) is 4.33. The minimum atomic E-state index is -0.882. The van der Waals surface area contributed by atoms with Crippen molar-refractivity contribution in [3.8, 4) is 5.75 Å². The summed E-state index contributed by atoms with van der Waals surface area (Å²) in [5.74, 6) is -0.932. The number of phenolic OH excluding ortho intramolecular Hbond substituents is 1. The van der Waals surface area contributed by atoms with Crippen LogP contribution in [0.4, 0.5) is 0 Å². The number of esters is 1. The molecule has 4 heteroatoms. The molecule has 2 aromatic carbocycles. The van der Waals surface area contributed by atoms with E-state index in [1.807, 2.05) is 0 Å². The van der Waals surface area contributed by atoms with Crippen molar-refractivity contribution in [2.75, 3.05) is 0 Å². The first kappa shape index (κ1) is 13.8. The average Bonchev–Trinajstić information content (AvgIpc) is 2.47. The Kier molecular flexibility index (Phi) is 4.15. The Balaban J connectivity index is 2.06. The van der Waals surface area contributed by atoms with Gasteiger partial charge in [0.05, 0.1) is 5.56 Å². The number of benzene rings is 2. The van der Waals surface area contributed by atoms with Gasteiger partial charge in [-0.15, -0.1) is 0 Å². The highest BCUT2D eigenvalue weighted by Gasteiger charge is 2.20. The predicted molar refractivity (Wildman–Crippen MR) is 73.8 cm³/mol. The molecule has 0 aliphatic heterocycles. The summed E-state index contributed by atoms with van der Waals surface area (Å²) in [4.78, 5) is 23.9. The third kappa shape index (κ3) is 3.23. The Morgan fingerprint density at radius 2 is 1.65 bits per heavy atom. The van der Waals surface area contributed by atoms with Crippen molar-refractivity contribution in [3.63, 3.8) is 0 Å². The molecule has 0 heterocycles. The Morgan fingerprint density at radius 1 is 1.00 bits per heavy atom. The first-order valence-corrected chi connectivity index (χ1v) is 6.17. The third-order valence-corrected chi connectivity index (χ3v) is 2.79. The summed E-state index contributed by atoms with van der Waals surface area (Å²) >= 11 is 0. The summed E-state index contributed by atoms with van der Waals surface area (Å²) in [6, 6.07) is 14.4. The molecule has 0 fully saturated rings. The van der Waals surface area contributed by atoms with Gasteiger partial charge in [-0.3, -0.25) is 4.79 Å². The van der Waals surface area contributed by atoms with E-state index in [1.165, 1.54) is 31.2 Å². The fourth-order valence-corrected chi connectivity index (χ4v) is 1.75. The number of carbonyl (C=O) groups is 2. The molecule has 102 valence electrons. The molecule has 0 bridgehead atoms. The first-order chi connectivity index (χ1) is 9.58. The van der Waals surface area contributed by atoms with Crippen LogP contribution in [0.3, 0.4) is 0 Å². The van der Waals surface area contributed by atoms with Gasteiger partial charge in [0.1, 0.15) is 5.75 Å². The molecule has 2 rings (SSSR count). The van der Waals surface area contributed by atoms with E-state index < -0.39 is 12.1 Å².